The molecular weight excluding hydrogens is 490 g/mol. The number of amides is 2. The van der Waals surface area contributed by atoms with Crippen LogP contribution in [0.2, 0.25) is 0 Å². The molecule has 1 saturated heterocycles. The Morgan fingerprint density at radius 3 is 2.34 bits per heavy atom. The van der Waals surface area contributed by atoms with E-state index in [0.29, 0.717) is 6.07 Å². The van der Waals surface area contributed by atoms with E-state index in [2.05, 4.69) is 10.6 Å². The van der Waals surface area contributed by atoms with E-state index >= 15 is 0 Å². The first-order valence-electron chi connectivity index (χ1n) is 10.9. The summed E-state index contributed by atoms with van der Waals surface area (Å²) in [5.41, 5.74) is -0.803. The van der Waals surface area contributed by atoms with Crippen LogP contribution >= 0.6 is 0 Å². The van der Waals surface area contributed by atoms with Crippen molar-refractivity contribution in [1.29, 1.82) is 0 Å². The molecule has 12 heteroatoms. The van der Waals surface area contributed by atoms with Crippen molar-refractivity contribution in [1.82, 2.24) is 14.9 Å². The summed E-state index contributed by atoms with van der Waals surface area (Å²) in [6.07, 6.45) is -4.30. The van der Waals surface area contributed by atoms with Crippen LogP contribution in [0.25, 0.3) is 0 Å². The SMILES string of the molecule is CC(=O)NC(Cc1ccccc1F)C(=O)NC1CCN(S(=O)(=O)c2cccc(C(F)(F)F)c2)CC1. The van der Waals surface area contributed by atoms with Crippen molar-refractivity contribution in [3.63, 3.8) is 0 Å². The van der Waals surface area contributed by atoms with Gasteiger partial charge in [0.15, 0.2) is 0 Å². The van der Waals surface area contributed by atoms with Gasteiger partial charge in [-0.05, 0) is 42.7 Å². The molecule has 1 aliphatic rings. The highest BCUT2D eigenvalue weighted by atomic mass is 32.2. The van der Waals surface area contributed by atoms with E-state index in [1.807, 2.05) is 0 Å². The van der Waals surface area contributed by atoms with Crippen LogP contribution in [0.4, 0.5) is 17.6 Å². The largest absolute Gasteiger partial charge is 0.416 e. The lowest BCUT2D eigenvalue weighted by atomic mass is 10.0. The smallest absolute Gasteiger partial charge is 0.351 e. The number of nitrogens with zero attached hydrogens (tertiary/aromatic N) is 1. The number of benzene rings is 2. The fourth-order valence-electron chi connectivity index (χ4n) is 3.86. The second-order valence-corrected chi connectivity index (χ2v) is 10.2. The summed E-state index contributed by atoms with van der Waals surface area (Å²) >= 11 is 0. The molecule has 35 heavy (non-hydrogen) atoms. The number of hydrogen-bond acceptors (Lipinski definition) is 4. The summed E-state index contributed by atoms with van der Waals surface area (Å²) in [6.45, 7) is 1.21. The third-order valence-electron chi connectivity index (χ3n) is 5.68. The van der Waals surface area contributed by atoms with Crippen molar-refractivity contribution in [2.75, 3.05) is 13.1 Å². The molecule has 1 heterocycles. The maximum atomic E-state index is 14.0. The van der Waals surface area contributed by atoms with E-state index in [1.54, 1.807) is 6.07 Å². The Kier molecular flexibility index (Phi) is 8.16. The van der Waals surface area contributed by atoms with Crippen LogP contribution in [-0.2, 0) is 32.2 Å². The van der Waals surface area contributed by atoms with Crippen molar-refractivity contribution in [2.45, 2.75) is 49.3 Å². The van der Waals surface area contributed by atoms with E-state index < -0.39 is 56.4 Å². The highest BCUT2D eigenvalue weighted by molar-refractivity contribution is 7.89. The zero-order chi connectivity index (χ0) is 25.8. The summed E-state index contributed by atoms with van der Waals surface area (Å²) in [5.74, 6) is -1.52. The number of rotatable bonds is 7. The Morgan fingerprint density at radius 1 is 1.09 bits per heavy atom. The van der Waals surface area contributed by atoms with Gasteiger partial charge < -0.3 is 10.6 Å². The van der Waals surface area contributed by atoms with Crippen LogP contribution in [0.5, 0.6) is 0 Å². The predicted molar refractivity (Wildman–Crippen MR) is 119 cm³/mol. The van der Waals surface area contributed by atoms with Gasteiger partial charge >= 0.3 is 6.18 Å². The summed E-state index contributed by atoms with van der Waals surface area (Å²) in [4.78, 5) is 23.9. The molecular formula is C23H25F4N3O4S. The number of hydrogen-bond donors (Lipinski definition) is 2. The van der Waals surface area contributed by atoms with Gasteiger partial charge in [0, 0.05) is 32.5 Å². The Balaban J connectivity index is 1.64. The highest BCUT2D eigenvalue weighted by Gasteiger charge is 2.35. The van der Waals surface area contributed by atoms with Gasteiger partial charge in [0.2, 0.25) is 21.8 Å². The first-order valence-corrected chi connectivity index (χ1v) is 12.3. The molecule has 1 fully saturated rings. The third kappa shape index (κ3) is 6.79. The molecule has 7 nitrogen and oxygen atoms in total. The predicted octanol–water partition coefficient (Wildman–Crippen LogP) is 2.86. The van der Waals surface area contributed by atoms with E-state index in [1.165, 1.54) is 25.1 Å². The van der Waals surface area contributed by atoms with Crippen molar-refractivity contribution >= 4 is 21.8 Å². The quantitative estimate of drug-likeness (QED) is 0.555. The van der Waals surface area contributed by atoms with E-state index in [4.69, 9.17) is 0 Å². The van der Waals surface area contributed by atoms with Gasteiger partial charge in [-0.25, -0.2) is 12.8 Å². The Hall–Kier alpha value is -2.99. The normalized spacial score (nSPS) is 16.5. The van der Waals surface area contributed by atoms with Gasteiger partial charge in [-0.3, -0.25) is 9.59 Å². The van der Waals surface area contributed by atoms with Gasteiger partial charge in [0.25, 0.3) is 0 Å². The lowest BCUT2D eigenvalue weighted by Gasteiger charge is -2.32. The summed E-state index contributed by atoms with van der Waals surface area (Å²) in [7, 11) is -4.15. The minimum Gasteiger partial charge on any atom is -0.351 e. The maximum Gasteiger partial charge on any atom is 0.416 e. The van der Waals surface area contributed by atoms with Gasteiger partial charge in [0.05, 0.1) is 10.5 Å². The van der Waals surface area contributed by atoms with Crippen molar-refractivity contribution in [3.05, 3.63) is 65.5 Å². The topological polar surface area (TPSA) is 95.6 Å². The molecule has 2 N–H and O–H groups in total. The number of halogens is 4. The molecule has 1 unspecified atom stereocenters. The lowest BCUT2D eigenvalue weighted by molar-refractivity contribution is -0.137. The second-order valence-electron chi connectivity index (χ2n) is 8.26. The zero-order valence-electron chi connectivity index (χ0n) is 18.8. The van der Waals surface area contributed by atoms with Crippen LogP contribution in [0.15, 0.2) is 53.4 Å². The Morgan fingerprint density at radius 2 is 1.74 bits per heavy atom. The second kappa shape index (κ2) is 10.7. The Labute approximate surface area is 200 Å². The average Bonchev–Trinajstić information content (AvgIpc) is 2.79. The molecule has 1 aliphatic heterocycles. The number of carbonyl (C=O) groups is 2. The van der Waals surface area contributed by atoms with Crippen molar-refractivity contribution in [2.24, 2.45) is 0 Å². The fraction of sp³-hybridized carbons (Fsp3) is 0.391. The third-order valence-corrected chi connectivity index (χ3v) is 7.57. The molecule has 0 saturated carbocycles. The summed E-state index contributed by atoms with van der Waals surface area (Å²) in [6, 6.07) is 7.98. The number of carbonyl (C=O) groups excluding carboxylic acids is 2. The minimum atomic E-state index is -4.67. The minimum absolute atomic E-state index is 0.0123. The van der Waals surface area contributed by atoms with E-state index in [0.717, 1.165) is 22.5 Å². The number of nitrogens with one attached hydrogen (secondary N) is 2. The molecule has 2 aromatic carbocycles. The molecule has 2 amide bonds. The van der Waals surface area contributed by atoms with E-state index in [-0.39, 0.29) is 37.9 Å². The van der Waals surface area contributed by atoms with Gasteiger partial charge in [-0.1, -0.05) is 24.3 Å². The molecule has 190 valence electrons. The first-order chi connectivity index (χ1) is 16.4. The van der Waals surface area contributed by atoms with Gasteiger partial charge in [-0.2, -0.15) is 17.5 Å². The molecule has 0 radical (unpaired) electrons. The van der Waals surface area contributed by atoms with Crippen LogP contribution in [0.3, 0.4) is 0 Å². The molecule has 1 atom stereocenters. The van der Waals surface area contributed by atoms with Crippen LogP contribution in [-0.4, -0.2) is 49.7 Å². The molecule has 0 aromatic heterocycles. The molecule has 0 spiro atoms. The summed E-state index contributed by atoms with van der Waals surface area (Å²) in [5, 5.41) is 5.26. The number of sulfonamides is 1. The molecule has 2 aromatic rings. The molecule has 3 rings (SSSR count). The average molecular weight is 516 g/mol. The molecule has 0 aliphatic carbocycles. The van der Waals surface area contributed by atoms with Crippen molar-refractivity contribution < 1.29 is 35.6 Å². The van der Waals surface area contributed by atoms with Gasteiger partial charge in [0.1, 0.15) is 11.9 Å². The maximum absolute atomic E-state index is 14.0. The monoisotopic (exact) mass is 515 g/mol. The molecule has 0 bridgehead atoms. The van der Waals surface area contributed by atoms with Crippen LogP contribution < -0.4 is 10.6 Å². The lowest BCUT2D eigenvalue weighted by Crippen LogP contribution is -2.53. The number of piperidine rings is 1. The summed E-state index contributed by atoms with van der Waals surface area (Å²) < 4.78 is 79.7. The van der Waals surface area contributed by atoms with Crippen LogP contribution in [0.1, 0.15) is 30.9 Å². The van der Waals surface area contributed by atoms with E-state index in [9.17, 15) is 35.6 Å². The fourth-order valence-corrected chi connectivity index (χ4v) is 5.38. The highest BCUT2D eigenvalue weighted by Crippen LogP contribution is 2.31. The zero-order valence-corrected chi connectivity index (χ0v) is 19.6. The first kappa shape index (κ1) is 26.6. The van der Waals surface area contributed by atoms with Gasteiger partial charge in [-0.15, -0.1) is 0 Å². The Bertz CT molecular complexity index is 1180. The standard InChI is InChI=1S/C23H25F4N3O4S/c1-15(31)28-21(13-16-5-2-3-8-20(16)24)22(32)29-18-9-11-30(12-10-18)35(33,34)19-7-4-6-17(14-19)23(25,26)27/h2-8,14,18,21H,9-13H2,1H3,(H,28,31)(H,29,32). The van der Waals surface area contributed by atoms with Crippen molar-refractivity contribution in [3.8, 4) is 0 Å². The number of alkyl halides is 3. The van der Waals surface area contributed by atoms with Crippen LogP contribution in [0, 0.1) is 5.82 Å².